The Labute approximate surface area is 176 Å². The highest BCUT2D eigenvalue weighted by atomic mass is 16.5. The highest BCUT2D eigenvalue weighted by Crippen LogP contribution is 2.25. The lowest BCUT2D eigenvalue weighted by atomic mass is 10.0. The second-order valence-corrected chi connectivity index (χ2v) is 7.40. The van der Waals surface area contributed by atoms with Crippen LogP contribution < -0.4 is 15.4 Å². The van der Waals surface area contributed by atoms with Crippen LogP contribution in [0.5, 0.6) is 5.75 Å². The molecule has 0 aromatic heterocycles. The number of allylic oxidation sites excluding steroid dienone is 2. The number of rotatable bonds is 8. The Balaban J connectivity index is 1.61. The van der Waals surface area contributed by atoms with E-state index in [0.717, 1.165) is 12.8 Å². The lowest BCUT2D eigenvalue weighted by Gasteiger charge is -2.17. The molecule has 156 valence electrons. The van der Waals surface area contributed by atoms with Crippen LogP contribution in [0.1, 0.15) is 43.5 Å². The van der Waals surface area contributed by atoms with E-state index in [-0.39, 0.29) is 23.5 Å². The molecule has 2 aromatic rings. The number of ether oxygens (including phenoxy) is 1. The molecule has 2 unspecified atom stereocenters. The minimum atomic E-state index is -0.792. The van der Waals surface area contributed by atoms with Gasteiger partial charge in [0.15, 0.2) is 11.9 Å². The Morgan fingerprint density at radius 2 is 1.80 bits per heavy atom. The van der Waals surface area contributed by atoms with Crippen LogP contribution in [0.2, 0.25) is 0 Å². The highest BCUT2D eigenvalue weighted by molar-refractivity contribution is 6.01. The molecule has 2 aromatic carbocycles. The van der Waals surface area contributed by atoms with Crippen LogP contribution >= 0.6 is 0 Å². The van der Waals surface area contributed by atoms with Crippen LogP contribution in [0.3, 0.4) is 0 Å². The van der Waals surface area contributed by atoms with E-state index in [0.29, 0.717) is 29.1 Å². The van der Waals surface area contributed by atoms with E-state index in [4.69, 9.17) is 4.74 Å². The van der Waals surface area contributed by atoms with Crippen molar-refractivity contribution in [3.63, 3.8) is 0 Å². The number of anilines is 2. The SMILES string of the molecule is CC(=O)c1cccc(OC(C)C(=O)Nc2ccccc2NC(=O)CC2C=CCC2)c1. The zero-order valence-electron chi connectivity index (χ0n) is 17.2. The summed E-state index contributed by atoms with van der Waals surface area (Å²) in [4.78, 5) is 36.5. The summed E-state index contributed by atoms with van der Waals surface area (Å²) in [6.45, 7) is 3.10. The fourth-order valence-corrected chi connectivity index (χ4v) is 3.29. The first kappa shape index (κ1) is 21.3. The van der Waals surface area contributed by atoms with E-state index in [1.165, 1.54) is 6.92 Å². The number of carbonyl (C=O) groups excluding carboxylic acids is 3. The Morgan fingerprint density at radius 1 is 1.07 bits per heavy atom. The summed E-state index contributed by atoms with van der Waals surface area (Å²) in [6.07, 6.45) is 5.81. The Morgan fingerprint density at radius 3 is 2.47 bits per heavy atom. The van der Waals surface area contributed by atoms with Gasteiger partial charge in [-0.1, -0.05) is 36.4 Å². The third-order valence-electron chi connectivity index (χ3n) is 4.94. The molecule has 0 radical (unpaired) electrons. The van der Waals surface area contributed by atoms with Crippen LogP contribution in [0, 0.1) is 5.92 Å². The summed E-state index contributed by atoms with van der Waals surface area (Å²) >= 11 is 0. The predicted molar refractivity (Wildman–Crippen MR) is 117 cm³/mol. The maximum Gasteiger partial charge on any atom is 0.265 e. The number of benzene rings is 2. The van der Waals surface area contributed by atoms with E-state index in [2.05, 4.69) is 22.8 Å². The molecular formula is C24H26N2O4. The van der Waals surface area contributed by atoms with E-state index in [1.54, 1.807) is 55.5 Å². The van der Waals surface area contributed by atoms with Crippen LogP contribution in [-0.2, 0) is 9.59 Å². The van der Waals surface area contributed by atoms with Crippen LogP contribution in [-0.4, -0.2) is 23.7 Å². The van der Waals surface area contributed by atoms with Crippen molar-refractivity contribution < 1.29 is 19.1 Å². The van der Waals surface area contributed by atoms with Gasteiger partial charge in [-0.05, 0) is 56.9 Å². The smallest absolute Gasteiger partial charge is 0.265 e. The second-order valence-electron chi connectivity index (χ2n) is 7.40. The summed E-state index contributed by atoms with van der Waals surface area (Å²) in [5.74, 6) is 0.195. The molecule has 0 saturated carbocycles. The number of amides is 2. The highest BCUT2D eigenvalue weighted by Gasteiger charge is 2.18. The zero-order valence-corrected chi connectivity index (χ0v) is 17.2. The van der Waals surface area contributed by atoms with Gasteiger partial charge in [-0.25, -0.2) is 0 Å². The van der Waals surface area contributed by atoms with Gasteiger partial charge >= 0.3 is 0 Å². The van der Waals surface area contributed by atoms with Gasteiger partial charge < -0.3 is 15.4 Å². The van der Waals surface area contributed by atoms with Crippen molar-refractivity contribution in [2.45, 2.75) is 39.2 Å². The summed E-state index contributed by atoms with van der Waals surface area (Å²) in [7, 11) is 0. The van der Waals surface area contributed by atoms with E-state index in [1.807, 2.05) is 0 Å². The van der Waals surface area contributed by atoms with Gasteiger partial charge in [0.05, 0.1) is 11.4 Å². The van der Waals surface area contributed by atoms with Crippen LogP contribution in [0.4, 0.5) is 11.4 Å². The molecule has 6 heteroatoms. The molecule has 1 aliphatic rings. The lowest BCUT2D eigenvalue weighted by Crippen LogP contribution is -2.30. The number of Topliss-reactive ketones (excluding diaryl/α,β-unsaturated/α-hetero) is 1. The maximum absolute atomic E-state index is 12.6. The third-order valence-corrected chi connectivity index (χ3v) is 4.94. The van der Waals surface area contributed by atoms with E-state index < -0.39 is 6.10 Å². The molecule has 0 spiro atoms. The molecule has 0 aliphatic heterocycles. The number of hydrogen-bond acceptors (Lipinski definition) is 4. The van der Waals surface area contributed by atoms with Gasteiger partial charge in [0.1, 0.15) is 5.75 Å². The second kappa shape index (κ2) is 9.87. The molecule has 0 fully saturated rings. The first-order chi connectivity index (χ1) is 14.4. The van der Waals surface area contributed by atoms with Crippen molar-refractivity contribution in [2.75, 3.05) is 10.6 Å². The Bertz CT molecular complexity index is 967. The fraction of sp³-hybridized carbons (Fsp3) is 0.292. The minimum Gasteiger partial charge on any atom is -0.481 e. The van der Waals surface area contributed by atoms with Crippen molar-refractivity contribution in [1.82, 2.24) is 0 Å². The largest absolute Gasteiger partial charge is 0.481 e. The standard InChI is InChI=1S/C24H26N2O4/c1-16(27)19-10-7-11-20(15-19)30-17(2)24(29)26-22-13-6-5-12-21(22)25-23(28)14-18-8-3-4-9-18/h3,5-8,10-13,15,17-18H,4,9,14H2,1-2H3,(H,25,28)(H,26,29). The molecule has 3 rings (SSSR count). The van der Waals surface area contributed by atoms with Crippen molar-refractivity contribution >= 4 is 29.0 Å². The van der Waals surface area contributed by atoms with Gasteiger partial charge in [0.25, 0.3) is 5.91 Å². The molecule has 0 saturated heterocycles. The fourth-order valence-electron chi connectivity index (χ4n) is 3.29. The van der Waals surface area contributed by atoms with Gasteiger partial charge in [0.2, 0.25) is 5.91 Å². The van der Waals surface area contributed by atoms with Crippen LogP contribution in [0.15, 0.2) is 60.7 Å². The van der Waals surface area contributed by atoms with Crippen molar-refractivity contribution in [2.24, 2.45) is 5.92 Å². The molecule has 1 aliphatic carbocycles. The third kappa shape index (κ3) is 5.80. The summed E-state index contributed by atoms with van der Waals surface area (Å²) < 4.78 is 5.69. The molecule has 30 heavy (non-hydrogen) atoms. The Kier molecular flexibility index (Phi) is 7.01. The average molecular weight is 406 g/mol. The van der Waals surface area contributed by atoms with Crippen molar-refractivity contribution in [3.8, 4) is 5.75 Å². The summed E-state index contributed by atoms with van der Waals surface area (Å²) in [5, 5.41) is 5.69. The number of ketones is 1. The van der Waals surface area contributed by atoms with Gasteiger partial charge in [-0.2, -0.15) is 0 Å². The molecule has 0 bridgehead atoms. The van der Waals surface area contributed by atoms with Gasteiger partial charge in [0, 0.05) is 12.0 Å². The number of carbonyl (C=O) groups is 3. The quantitative estimate of drug-likeness (QED) is 0.496. The molecule has 2 atom stereocenters. The number of hydrogen-bond donors (Lipinski definition) is 2. The Hall–Kier alpha value is -3.41. The lowest BCUT2D eigenvalue weighted by molar-refractivity contribution is -0.122. The predicted octanol–water partition coefficient (Wildman–Crippen LogP) is 4.59. The number of para-hydroxylation sites is 2. The monoisotopic (exact) mass is 406 g/mol. The normalized spacial score (nSPS) is 16.0. The molecule has 2 N–H and O–H groups in total. The molecular weight excluding hydrogens is 380 g/mol. The van der Waals surface area contributed by atoms with Crippen molar-refractivity contribution in [3.05, 3.63) is 66.2 Å². The van der Waals surface area contributed by atoms with E-state index >= 15 is 0 Å². The minimum absolute atomic E-state index is 0.0738. The summed E-state index contributed by atoms with van der Waals surface area (Å²) in [6, 6.07) is 13.8. The molecule has 0 heterocycles. The van der Waals surface area contributed by atoms with Crippen LogP contribution in [0.25, 0.3) is 0 Å². The molecule has 6 nitrogen and oxygen atoms in total. The zero-order chi connectivity index (χ0) is 21.5. The molecule has 2 amide bonds. The first-order valence-corrected chi connectivity index (χ1v) is 10.1. The van der Waals surface area contributed by atoms with Crippen molar-refractivity contribution in [1.29, 1.82) is 0 Å². The maximum atomic E-state index is 12.6. The summed E-state index contributed by atoms with van der Waals surface area (Å²) in [5.41, 5.74) is 1.57. The topological polar surface area (TPSA) is 84.5 Å². The van der Waals surface area contributed by atoms with Gasteiger partial charge in [-0.15, -0.1) is 0 Å². The number of nitrogens with one attached hydrogen (secondary N) is 2. The van der Waals surface area contributed by atoms with E-state index in [9.17, 15) is 14.4 Å². The first-order valence-electron chi connectivity index (χ1n) is 10.1. The van der Waals surface area contributed by atoms with Gasteiger partial charge in [-0.3, -0.25) is 14.4 Å². The average Bonchev–Trinajstić information content (AvgIpc) is 3.22.